The van der Waals surface area contributed by atoms with Crippen molar-refractivity contribution in [3.05, 3.63) is 98.0 Å². The smallest absolute Gasteiger partial charge is 0.294 e. The summed E-state index contributed by atoms with van der Waals surface area (Å²) in [6.07, 6.45) is 1.18. The van der Waals surface area contributed by atoms with Gasteiger partial charge in [-0.25, -0.2) is 0 Å². The van der Waals surface area contributed by atoms with Gasteiger partial charge >= 0.3 is 0 Å². The second-order valence-electron chi connectivity index (χ2n) is 8.12. The lowest BCUT2D eigenvalue weighted by atomic mass is 10.1. The summed E-state index contributed by atoms with van der Waals surface area (Å²) in [5.74, 6) is -0.844. The van der Waals surface area contributed by atoms with Gasteiger partial charge in [-0.3, -0.25) is 9.59 Å². The molecular weight excluding hydrogens is 451 g/mol. The van der Waals surface area contributed by atoms with Gasteiger partial charge in [-0.1, -0.05) is 59.6 Å². The number of nitrogens with zero attached hydrogens (tertiary/aromatic N) is 1. The molecule has 3 rings (SSSR count). The van der Waals surface area contributed by atoms with Crippen molar-refractivity contribution < 1.29 is 13.9 Å². The molecule has 0 aliphatic heterocycles. The van der Waals surface area contributed by atoms with Gasteiger partial charge in [0.1, 0.15) is 6.61 Å². The molecule has 8 heteroatoms. The van der Waals surface area contributed by atoms with Crippen LogP contribution in [0.25, 0.3) is 0 Å². The maximum Gasteiger partial charge on any atom is 0.294 e. The van der Waals surface area contributed by atoms with Crippen molar-refractivity contribution in [2.24, 2.45) is 5.73 Å². The number of amides is 1. The predicted octanol–water partition coefficient (Wildman–Crippen LogP) is 4.91. The molecule has 6 nitrogen and oxygen atoms in total. The number of nitrogens with two attached hydrogens (primary N) is 1. The maximum atomic E-state index is 13.5. The maximum absolute atomic E-state index is 13.5. The van der Waals surface area contributed by atoms with E-state index in [0.29, 0.717) is 10.0 Å². The van der Waals surface area contributed by atoms with Gasteiger partial charge in [0.15, 0.2) is 0 Å². The van der Waals surface area contributed by atoms with Crippen LogP contribution in [-0.4, -0.2) is 22.9 Å². The Morgan fingerprint density at radius 1 is 1.06 bits per heavy atom. The van der Waals surface area contributed by atoms with Crippen molar-refractivity contribution in [3.63, 3.8) is 0 Å². The zero-order valence-corrected chi connectivity index (χ0v) is 19.3. The van der Waals surface area contributed by atoms with Crippen LogP contribution in [-0.2, 0) is 13.2 Å². The van der Waals surface area contributed by atoms with Crippen LogP contribution >= 0.6 is 23.2 Å². The second-order valence-corrected chi connectivity index (χ2v) is 8.93. The van der Waals surface area contributed by atoms with Crippen LogP contribution in [0.3, 0.4) is 0 Å². The summed E-state index contributed by atoms with van der Waals surface area (Å²) in [6, 6.07) is 15.7. The van der Waals surface area contributed by atoms with Crippen LogP contribution in [0.4, 0.5) is 0 Å². The minimum absolute atomic E-state index is 0.116. The highest BCUT2D eigenvalue weighted by Crippen LogP contribution is 2.25. The van der Waals surface area contributed by atoms with E-state index in [4.69, 9.17) is 38.1 Å². The molecule has 0 spiro atoms. The van der Waals surface area contributed by atoms with E-state index in [0.717, 1.165) is 11.1 Å². The lowest BCUT2D eigenvalue weighted by molar-refractivity contribution is 0.0666. The lowest BCUT2D eigenvalue weighted by Gasteiger charge is -2.30. The van der Waals surface area contributed by atoms with Gasteiger partial charge in [-0.05, 0) is 37.1 Å². The summed E-state index contributed by atoms with van der Waals surface area (Å²) in [6.45, 7) is 4.10. The first kappa shape index (κ1) is 23.9. The number of halogens is 2. The normalized spacial score (nSPS) is 11.3. The quantitative estimate of drug-likeness (QED) is 0.501. The summed E-state index contributed by atoms with van der Waals surface area (Å²) in [5.41, 5.74) is 6.65. The summed E-state index contributed by atoms with van der Waals surface area (Å²) in [7, 11) is 0. The molecule has 0 aliphatic carbocycles. The van der Waals surface area contributed by atoms with Crippen molar-refractivity contribution in [1.29, 1.82) is 0 Å². The van der Waals surface area contributed by atoms with E-state index in [1.54, 1.807) is 32.0 Å². The molecule has 1 amide bonds. The highest BCUT2D eigenvalue weighted by molar-refractivity contribution is 6.42. The topological polar surface area (TPSA) is 85.8 Å². The van der Waals surface area contributed by atoms with E-state index in [2.05, 4.69) is 0 Å². The molecule has 0 aliphatic rings. The third kappa shape index (κ3) is 6.36. The Morgan fingerprint density at radius 3 is 2.44 bits per heavy atom. The lowest BCUT2D eigenvalue weighted by Crippen LogP contribution is -2.47. The molecule has 2 N–H and O–H groups in total. The van der Waals surface area contributed by atoms with Crippen LogP contribution < -0.4 is 15.9 Å². The van der Waals surface area contributed by atoms with Crippen LogP contribution in [0.1, 0.15) is 35.5 Å². The predicted molar refractivity (Wildman–Crippen MR) is 125 cm³/mol. The van der Waals surface area contributed by atoms with Gasteiger partial charge in [0.2, 0.25) is 16.9 Å². The highest BCUT2D eigenvalue weighted by Gasteiger charge is 2.28. The van der Waals surface area contributed by atoms with Gasteiger partial charge in [0.05, 0.1) is 16.3 Å². The van der Waals surface area contributed by atoms with Crippen molar-refractivity contribution in [2.45, 2.75) is 32.5 Å². The van der Waals surface area contributed by atoms with Crippen molar-refractivity contribution >= 4 is 29.1 Å². The van der Waals surface area contributed by atoms with Crippen molar-refractivity contribution in [3.8, 4) is 5.75 Å². The van der Waals surface area contributed by atoms with Gasteiger partial charge < -0.3 is 19.8 Å². The number of benzene rings is 2. The molecule has 168 valence electrons. The Bertz CT molecular complexity index is 1140. The number of hydrogen-bond donors (Lipinski definition) is 1. The van der Waals surface area contributed by atoms with E-state index in [1.807, 2.05) is 30.3 Å². The fraction of sp³-hybridized carbons (Fsp3) is 0.250. The molecule has 1 aromatic heterocycles. The molecule has 0 fully saturated rings. The van der Waals surface area contributed by atoms with Crippen LogP contribution in [0, 0.1) is 0 Å². The molecule has 0 saturated carbocycles. The highest BCUT2D eigenvalue weighted by atomic mass is 35.5. The number of rotatable bonds is 8. The second kappa shape index (κ2) is 10.2. The average Bonchev–Trinajstić information content (AvgIpc) is 2.74. The molecule has 0 unspecified atom stereocenters. The molecule has 1 heterocycles. The van der Waals surface area contributed by atoms with Crippen molar-refractivity contribution in [2.75, 3.05) is 6.54 Å². The summed E-state index contributed by atoms with van der Waals surface area (Å²) in [4.78, 5) is 27.5. The first-order chi connectivity index (χ1) is 15.1. The van der Waals surface area contributed by atoms with Crippen LogP contribution in [0.15, 0.2) is 70.1 Å². The fourth-order valence-electron chi connectivity index (χ4n) is 3.11. The molecule has 0 saturated heterocycles. The Morgan fingerprint density at radius 2 is 1.78 bits per heavy atom. The van der Waals surface area contributed by atoms with Gasteiger partial charge in [0.25, 0.3) is 5.91 Å². The van der Waals surface area contributed by atoms with E-state index < -0.39 is 16.9 Å². The summed E-state index contributed by atoms with van der Waals surface area (Å²) < 4.78 is 11.2. The fourth-order valence-corrected chi connectivity index (χ4v) is 3.43. The molecule has 2 aromatic carbocycles. The molecule has 0 bridgehead atoms. The van der Waals surface area contributed by atoms with E-state index in [1.165, 1.54) is 17.2 Å². The molecule has 0 atom stereocenters. The number of ether oxygens (including phenoxy) is 1. The van der Waals surface area contributed by atoms with Gasteiger partial charge in [0, 0.05) is 24.7 Å². The monoisotopic (exact) mass is 474 g/mol. The first-order valence-electron chi connectivity index (χ1n) is 9.94. The van der Waals surface area contributed by atoms with Crippen LogP contribution in [0.2, 0.25) is 10.0 Å². The third-order valence-corrected chi connectivity index (χ3v) is 5.24. The minimum Gasteiger partial charge on any atom is -0.481 e. The average molecular weight is 475 g/mol. The third-order valence-electron chi connectivity index (χ3n) is 4.50. The van der Waals surface area contributed by atoms with Crippen molar-refractivity contribution in [1.82, 2.24) is 4.90 Å². The zero-order chi connectivity index (χ0) is 23.3. The standard InChI is InChI=1S/C24H24Cl2N2O4/c1-24(2,27)15-28(13-17-8-9-18(25)19(26)12-17)23(30)22-21(20(29)10-11-31-22)32-14-16-6-4-3-5-7-16/h3-12H,13-15,27H2,1-2H3. The Hall–Kier alpha value is -2.80. The van der Waals surface area contributed by atoms with E-state index in [9.17, 15) is 9.59 Å². The Kier molecular flexibility index (Phi) is 7.61. The number of carbonyl (C=O) groups excluding carboxylic acids is 1. The minimum atomic E-state index is -0.702. The zero-order valence-electron chi connectivity index (χ0n) is 17.8. The molecular formula is C24H24Cl2N2O4. The largest absolute Gasteiger partial charge is 0.481 e. The SMILES string of the molecule is CC(C)(N)CN(Cc1ccc(Cl)c(Cl)c1)C(=O)c1occc(=O)c1OCc1ccccc1. The summed E-state index contributed by atoms with van der Waals surface area (Å²) >= 11 is 12.1. The van der Waals surface area contributed by atoms with Crippen LogP contribution in [0.5, 0.6) is 5.75 Å². The molecule has 32 heavy (non-hydrogen) atoms. The van der Waals surface area contributed by atoms with E-state index in [-0.39, 0.29) is 31.2 Å². The Labute approximate surface area is 196 Å². The number of hydrogen-bond acceptors (Lipinski definition) is 5. The molecule has 0 radical (unpaired) electrons. The van der Waals surface area contributed by atoms with Gasteiger partial charge in [-0.2, -0.15) is 0 Å². The summed E-state index contributed by atoms with van der Waals surface area (Å²) in [5, 5.41) is 0.791. The number of carbonyl (C=O) groups is 1. The van der Waals surface area contributed by atoms with E-state index >= 15 is 0 Å². The van der Waals surface area contributed by atoms with Gasteiger partial charge in [-0.15, -0.1) is 0 Å². The molecule has 3 aromatic rings. The first-order valence-corrected chi connectivity index (χ1v) is 10.7. The Balaban J connectivity index is 1.92.